The highest BCUT2D eigenvalue weighted by Crippen LogP contribution is 2.55. The van der Waals surface area contributed by atoms with E-state index in [9.17, 15) is 14.0 Å². The van der Waals surface area contributed by atoms with E-state index in [4.69, 9.17) is 9.47 Å². The van der Waals surface area contributed by atoms with Gasteiger partial charge < -0.3 is 14.4 Å². The van der Waals surface area contributed by atoms with Crippen LogP contribution in [0.15, 0.2) is 63.4 Å². The first-order chi connectivity index (χ1) is 19.3. The van der Waals surface area contributed by atoms with Crippen LogP contribution in [0.5, 0.6) is 11.5 Å². The molecule has 218 valence electrons. The van der Waals surface area contributed by atoms with Crippen LogP contribution < -0.4 is 9.47 Å². The second-order valence-electron chi connectivity index (χ2n) is 13.1. The minimum Gasteiger partial charge on any atom is -0.493 e. The molecule has 5 nitrogen and oxygen atoms in total. The number of methoxy groups -OCH3 is 1. The minimum absolute atomic E-state index is 0.110. The van der Waals surface area contributed by atoms with Crippen LogP contribution in [-0.2, 0) is 16.2 Å². The predicted molar refractivity (Wildman–Crippen MR) is 161 cm³/mol. The molecule has 1 heterocycles. The number of halogens is 2. The Balaban J connectivity index is 1.65. The molecule has 2 aromatic carbocycles. The van der Waals surface area contributed by atoms with Gasteiger partial charge in [-0.25, -0.2) is 4.39 Å². The number of rotatable bonds is 7. The zero-order chi connectivity index (χ0) is 29.7. The SMILES string of the molecule is CCCN1C2=C(C(=O)CC(C)(C)C2)C(c2cc(Br)c(OCc3ccc(F)cc3)c(OC)c2)C2=C1CC(C)(C)CC2=O. The van der Waals surface area contributed by atoms with Crippen molar-refractivity contribution in [2.75, 3.05) is 13.7 Å². The fraction of sp³-hybridized carbons (Fsp3) is 0.471. The minimum atomic E-state index is -0.461. The lowest BCUT2D eigenvalue weighted by atomic mass is 9.63. The van der Waals surface area contributed by atoms with Crippen molar-refractivity contribution in [3.8, 4) is 11.5 Å². The molecule has 0 aromatic heterocycles. The number of hydrogen-bond acceptors (Lipinski definition) is 5. The van der Waals surface area contributed by atoms with Crippen molar-refractivity contribution in [2.24, 2.45) is 10.8 Å². The summed E-state index contributed by atoms with van der Waals surface area (Å²) >= 11 is 3.69. The zero-order valence-electron chi connectivity index (χ0n) is 24.8. The molecule has 0 bridgehead atoms. The third-order valence-corrected chi connectivity index (χ3v) is 8.94. The zero-order valence-corrected chi connectivity index (χ0v) is 26.4. The van der Waals surface area contributed by atoms with Crippen molar-refractivity contribution in [3.63, 3.8) is 0 Å². The van der Waals surface area contributed by atoms with Gasteiger partial charge in [0.15, 0.2) is 23.1 Å². The molecule has 7 heteroatoms. The van der Waals surface area contributed by atoms with Crippen molar-refractivity contribution < 1.29 is 23.5 Å². The first-order valence-electron chi connectivity index (χ1n) is 14.4. The molecule has 0 saturated carbocycles. The molecular weight excluding hydrogens is 585 g/mol. The Morgan fingerprint density at radius 2 is 1.49 bits per heavy atom. The summed E-state index contributed by atoms with van der Waals surface area (Å²) in [6, 6.07) is 10.0. The van der Waals surface area contributed by atoms with Crippen molar-refractivity contribution in [2.45, 2.75) is 79.2 Å². The van der Waals surface area contributed by atoms with E-state index in [-0.39, 0.29) is 34.8 Å². The number of hydrogen-bond donors (Lipinski definition) is 0. The van der Waals surface area contributed by atoms with Crippen LogP contribution in [0.2, 0.25) is 0 Å². The highest BCUT2D eigenvalue weighted by molar-refractivity contribution is 9.10. The summed E-state index contributed by atoms with van der Waals surface area (Å²) in [5, 5.41) is 0. The molecule has 3 aliphatic rings. The standard InChI is InChI=1S/C34H39BrFNO4/c1-7-12-37-24-15-33(2,3)17-26(38)30(24)29(31-25(37)16-34(4,5)18-27(31)39)21-13-23(35)32(28(14-21)40-6)41-19-20-8-10-22(36)11-9-20/h8-11,13-14,29H,7,12,15-19H2,1-6H3. The van der Waals surface area contributed by atoms with Crippen LogP contribution in [0, 0.1) is 16.6 Å². The van der Waals surface area contributed by atoms with Crippen LogP contribution >= 0.6 is 15.9 Å². The first kappa shape index (κ1) is 29.6. The van der Waals surface area contributed by atoms with Crippen LogP contribution in [0.25, 0.3) is 0 Å². The van der Waals surface area contributed by atoms with Gasteiger partial charge in [-0.1, -0.05) is 46.8 Å². The Hall–Kier alpha value is -2.93. The van der Waals surface area contributed by atoms with Crippen LogP contribution in [0.4, 0.5) is 4.39 Å². The molecule has 0 amide bonds. The molecule has 0 saturated heterocycles. The molecule has 0 atom stereocenters. The van der Waals surface area contributed by atoms with Gasteiger partial charge in [-0.3, -0.25) is 9.59 Å². The van der Waals surface area contributed by atoms with Gasteiger partial charge in [-0.2, -0.15) is 0 Å². The van der Waals surface area contributed by atoms with Gasteiger partial charge in [0.25, 0.3) is 0 Å². The summed E-state index contributed by atoms with van der Waals surface area (Å²) < 4.78 is 26.0. The number of ketones is 2. The molecule has 0 spiro atoms. The number of ether oxygens (including phenoxy) is 2. The highest BCUT2D eigenvalue weighted by Gasteiger charge is 2.49. The number of Topliss-reactive ketones (excluding diaryl/α,β-unsaturated/α-hetero) is 2. The van der Waals surface area contributed by atoms with Crippen molar-refractivity contribution >= 4 is 27.5 Å². The smallest absolute Gasteiger partial charge is 0.175 e. The lowest BCUT2D eigenvalue weighted by molar-refractivity contribution is -0.119. The van der Waals surface area contributed by atoms with E-state index in [1.54, 1.807) is 19.2 Å². The van der Waals surface area contributed by atoms with Gasteiger partial charge in [0.1, 0.15) is 12.4 Å². The highest BCUT2D eigenvalue weighted by atomic mass is 79.9. The molecule has 0 unspecified atom stereocenters. The van der Waals surface area contributed by atoms with Gasteiger partial charge in [-0.15, -0.1) is 0 Å². The molecule has 2 aromatic rings. The molecule has 41 heavy (non-hydrogen) atoms. The molecule has 2 aliphatic carbocycles. The van der Waals surface area contributed by atoms with Crippen molar-refractivity contribution in [3.05, 3.63) is 80.4 Å². The maximum absolute atomic E-state index is 14.0. The predicted octanol–water partition coefficient (Wildman–Crippen LogP) is 8.27. The first-order valence-corrected chi connectivity index (χ1v) is 15.2. The van der Waals surface area contributed by atoms with Gasteiger partial charge >= 0.3 is 0 Å². The maximum Gasteiger partial charge on any atom is 0.175 e. The Morgan fingerprint density at radius 1 is 0.927 bits per heavy atom. The van der Waals surface area contributed by atoms with E-state index in [0.717, 1.165) is 59.5 Å². The molecule has 5 rings (SSSR count). The fourth-order valence-corrected chi connectivity index (χ4v) is 7.23. The van der Waals surface area contributed by atoms with Crippen molar-refractivity contribution in [1.29, 1.82) is 0 Å². The van der Waals surface area contributed by atoms with E-state index >= 15 is 0 Å². The summed E-state index contributed by atoms with van der Waals surface area (Å²) in [4.78, 5) is 30.2. The molecule has 0 radical (unpaired) electrons. The van der Waals surface area contributed by atoms with Gasteiger partial charge in [-0.05, 0) is 81.4 Å². The lowest BCUT2D eigenvalue weighted by Crippen LogP contribution is -2.44. The van der Waals surface area contributed by atoms with E-state index in [2.05, 4.69) is 55.4 Å². The Labute approximate surface area is 250 Å². The van der Waals surface area contributed by atoms with E-state index in [1.165, 1.54) is 12.1 Å². The largest absolute Gasteiger partial charge is 0.493 e. The molecule has 0 fully saturated rings. The maximum atomic E-state index is 14.0. The Kier molecular flexibility index (Phi) is 7.97. The van der Waals surface area contributed by atoms with E-state index in [0.29, 0.717) is 28.8 Å². The number of allylic oxidation sites excluding steroid dienone is 4. The summed E-state index contributed by atoms with van der Waals surface area (Å²) in [5.74, 6) is 0.474. The summed E-state index contributed by atoms with van der Waals surface area (Å²) in [5.41, 5.74) is 4.97. The van der Waals surface area contributed by atoms with E-state index < -0.39 is 5.92 Å². The Morgan fingerprint density at radius 3 is 2.00 bits per heavy atom. The second-order valence-corrected chi connectivity index (χ2v) is 14.0. The van der Waals surface area contributed by atoms with Crippen molar-refractivity contribution in [1.82, 2.24) is 4.90 Å². The average Bonchev–Trinajstić information content (AvgIpc) is 2.88. The topological polar surface area (TPSA) is 55.8 Å². The van der Waals surface area contributed by atoms with Gasteiger partial charge in [0, 0.05) is 47.8 Å². The third kappa shape index (κ3) is 5.75. The molecule has 1 aliphatic heterocycles. The summed E-state index contributed by atoms with van der Waals surface area (Å²) in [6.07, 6.45) is 3.38. The number of carbonyl (C=O) groups excluding carboxylic acids is 2. The summed E-state index contributed by atoms with van der Waals surface area (Å²) in [6.45, 7) is 11.8. The number of carbonyl (C=O) groups is 2. The quantitative estimate of drug-likeness (QED) is 0.311. The fourth-order valence-electron chi connectivity index (χ4n) is 6.66. The molecule has 0 N–H and O–H groups in total. The van der Waals surface area contributed by atoms with Crippen LogP contribution in [0.1, 0.15) is 83.8 Å². The van der Waals surface area contributed by atoms with Gasteiger partial charge in [0.05, 0.1) is 11.6 Å². The number of benzene rings is 2. The normalized spacial score (nSPS) is 20.2. The lowest BCUT2D eigenvalue weighted by Gasteiger charge is -2.49. The van der Waals surface area contributed by atoms with E-state index in [1.807, 2.05) is 12.1 Å². The monoisotopic (exact) mass is 623 g/mol. The average molecular weight is 625 g/mol. The third-order valence-electron chi connectivity index (χ3n) is 8.35. The molecular formula is C34H39BrFNO4. The van der Waals surface area contributed by atoms with Crippen LogP contribution in [-0.4, -0.2) is 30.1 Å². The second kappa shape index (κ2) is 11.0. The van der Waals surface area contributed by atoms with Crippen LogP contribution in [0.3, 0.4) is 0 Å². The van der Waals surface area contributed by atoms with Gasteiger partial charge in [0.2, 0.25) is 0 Å². The number of nitrogens with zero attached hydrogens (tertiary/aromatic N) is 1. The Bertz CT molecular complexity index is 1400. The summed E-state index contributed by atoms with van der Waals surface area (Å²) in [7, 11) is 1.58.